The van der Waals surface area contributed by atoms with Crippen molar-refractivity contribution in [2.75, 3.05) is 0 Å². The molecule has 8 atom stereocenters. The van der Waals surface area contributed by atoms with Gasteiger partial charge in [0, 0.05) is 12.5 Å². The maximum absolute atomic E-state index is 12.1. The number of hydrogen-bond donors (Lipinski definition) is 1. The molecule has 1 aromatic carbocycles. The highest BCUT2D eigenvalue weighted by atomic mass is 16.5. The summed E-state index contributed by atoms with van der Waals surface area (Å²) in [4.78, 5) is 12.1. The molecular weight excluding hydrogens is 358 g/mol. The summed E-state index contributed by atoms with van der Waals surface area (Å²) in [6, 6.07) is 8.93. The molecule has 1 N–H and O–H groups in total. The topological polar surface area (TPSA) is 38.3 Å². The van der Waals surface area contributed by atoms with Crippen LogP contribution in [0.3, 0.4) is 0 Å². The molecule has 0 aromatic heterocycles. The van der Waals surface area contributed by atoms with E-state index >= 15 is 0 Å². The van der Waals surface area contributed by atoms with Crippen molar-refractivity contribution in [2.24, 2.45) is 34.5 Å². The van der Waals surface area contributed by atoms with Gasteiger partial charge in [-0.25, -0.2) is 0 Å². The van der Waals surface area contributed by atoms with Crippen molar-refractivity contribution in [3.63, 3.8) is 0 Å². The van der Waals surface area contributed by atoms with Crippen LogP contribution in [0.1, 0.15) is 71.3 Å². The van der Waals surface area contributed by atoms with Gasteiger partial charge in [0.25, 0.3) is 0 Å². The average molecular weight is 396 g/mol. The molecule has 5 unspecified atom stereocenters. The van der Waals surface area contributed by atoms with Gasteiger partial charge < -0.3 is 10.1 Å². The van der Waals surface area contributed by atoms with Crippen LogP contribution in [0.4, 0.5) is 0 Å². The third-order valence-electron chi connectivity index (χ3n) is 9.52. The first kappa shape index (κ1) is 19.5. The van der Waals surface area contributed by atoms with Crippen molar-refractivity contribution in [1.29, 1.82) is 0 Å². The molecule has 29 heavy (non-hydrogen) atoms. The van der Waals surface area contributed by atoms with Gasteiger partial charge in [0.1, 0.15) is 5.75 Å². The SMILES string of the molecule is Cc1ccc(O[C@H]2CC3C4C(C)CC5NC(=O)CC[C@]5(C)C4CC[C@]3(C)C2)cc1. The molecule has 0 spiro atoms. The summed E-state index contributed by atoms with van der Waals surface area (Å²) in [5.41, 5.74) is 1.97. The number of nitrogens with one attached hydrogen (secondary N) is 1. The Hall–Kier alpha value is -1.51. The van der Waals surface area contributed by atoms with E-state index in [1.54, 1.807) is 0 Å². The molecule has 3 heteroatoms. The zero-order chi connectivity index (χ0) is 20.4. The normalized spacial score (nSPS) is 46.3. The van der Waals surface area contributed by atoms with E-state index in [1.807, 2.05) is 0 Å². The van der Waals surface area contributed by atoms with Crippen molar-refractivity contribution in [3.05, 3.63) is 29.8 Å². The smallest absolute Gasteiger partial charge is 0.220 e. The minimum absolute atomic E-state index is 0.270. The summed E-state index contributed by atoms with van der Waals surface area (Å²) >= 11 is 0. The van der Waals surface area contributed by atoms with Gasteiger partial charge in [-0.3, -0.25) is 4.79 Å². The number of rotatable bonds is 2. The van der Waals surface area contributed by atoms with Gasteiger partial charge in [-0.2, -0.15) is 0 Å². The average Bonchev–Trinajstić information content (AvgIpc) is 3.01. The lowest BCUT2D eigenvalue weighted by Gasteiger charge is -2.61. The van der Waals surface area contributed by atoms with E-state index in [-0.39, 0.29) is 11.3 Å². The Morgan fingerprint density at radius 3 is 2.59 bits per heavy atom. The quantitative estimate of drug-likeness (QED) is 0.717. The van der Waals surface area contributed by atoms with E-state index in [0.29, 0.717) is 29.9 Å². The van der Waals surface area contributed by atoms with Crippen molar-refractivity contribution in [2.45, 2.75) is 84.8 Å². The summed E-state index contributed by atoms with van der Waals surface area (Å²) in [5.74, 6) is 4.25. The predicted molar refractivity (Wildman–Crippen MR) is 116 cm³/mol. The van der Waals surface area contributed by atoms with Crippen molar-refractivity contribution in [1.82, 2.24) is 5.32 Å². The number of carbonyl (C=O) groups excluding carboxylic acids is 1. The van der Waals surface area contributed by atoms with E-state index in [1.165, 1.54) is 31.2 Å². The highest BCUT2D eigenvalue weighted by Crippen LogP contribution is 2.65. The minimum Gasteiger partial charge on any atom is -0.490 e. The Balaban J connectivity index is 1.38. The Bertz CT molecular complexity index is 788. The van der Waals surface area contributed by atoms with Crippen LogP contribution in [0, 0.1) is 41.4 Å². The largest absolute Gasteiger partial charge is 0.490 e. The number of piperidine rings is 1. The second-order valence-electron chi connectivity index (χ2n) is 11.3. The number of fused-ring (bicyclic) bond motifs is 5. The molecule has 3 aliphatic carbocycles. The summed E-state index contributed by atoms with van der Waals surface area (Å²) in [7, 11) is 0. The molecule has 1 amide bonds. The standard InChI is InChI=1S/C26H37NO2/c1-16-5-7-18(8-6-16)29-19-14-21-24-17(2)13-22-26(4,12-10-23(28)27-22)20(24)9-11-25(21,3)15-19/h5-8,17,19-22,24H,9-15H2,1-4H3,(H,27,28)/t17?,19-,20?,21?,22?,24?,25+,26+/m0/s1. The van der Waals surface area contributed by atoms with E-state index in [0.717, 1.165) is 36.3 Å². The van der Waals surface area contributed by atoms with E-state index in [9.17, 15) is 4.79 Å². The van der Waals surface area contributed by atoms with Crippen molar-refractivity contribution < 1.29 is 9.53 Å². The molecule has 3 nitrogen and oxygen atoms in total. The monoisotopic (exact) mass is 395 g/mol. The lowest BCUT2D eigenvalue weighted by atomic mass is 9.45. The van der Waals surface area contributed by atoms with Crippen LogP contribution in [0.25, 0.3) is 0 Å². The fraction of sp³-hybridized carbons (Fsp3) is 0.731. The summed E-state index contributed by atoms with van der Waals surface area (Å²) in [5, 5.41) is 3.37. The maximum atomic E-state index is 12.1. The van der Waals surface area contributed by atoms with Crippen LogP contribution in [0.2, 0.25) is 0 Å². The van der Waals surface area contributed by atoms with E-state index in [4.69, 9.17) is 4.74 Å². The zero-order valence-corrected chi connectivity index (χ0v) is 18.5. The second kappa shape index (κ2) is 6.75. The molecule has 1 saturated heterocycles. The van der Waals surface area contributed by atoms with Crippen LogP contribution < -0.4 is 10.1 Å². The highest BCUT2D eigenvalue weighted by molar-refractivity contribution is 5.77. The van der Waals surface area contributed by atoms with Crippen LogP contribution in [0.15, 0.2) is 24.3 Å². The lowest BCUT2D eigenvalue weighted by molar-refractivity contribution is -0.141. The first-order valence-electron chi connectivity index (χ1n) is 11.8. The number of amides is 1. The number of ether oxygens (including phenoxy) is 1. The van der Waals surface area contributed by atoms with Gasteiger partial charge >= 0.3 is 0 Å². The Morgan fingerprint density at radius 2 is 1.83 bits per heavy atom. The van der Waals surface area contributed by atoms with Gasteiger partial charge in [0.05, 0.1) is 6.10 Å². The summed E-state index contributed by atoms with van der Waals surface area (Å²) in [6.45, 7) is 9.60. The summed E-state index contributed by atoms with van der Waals surface area (Å²) in [6.07, 6.45) is 8.31. The van der Waals surface area contributed by atoms with Gasteiger partial charge in [-0.05, 0) is 92.1 Å². The first-order chi connectivity index (χ1) is 13.8. The van der Waals surface area contributed by atoms with Crippen LogP contribution in [-0.2, 0) is 4.79 Å². The molecule has 0 radical (unpaired) electrons. The Morgan fingerprint density at radius 1 is 1.07 bits per heavy atom. The second-order valence-corrected chi connectivity index (χ2v) is 11.3. The number of benzene rings is 1. The molecule has 3 saturated carbocycles. The van der Waals surface area contributed by atoms with Gasteiger partial charge in [0.15, 0.2) is 0 Å². The number of aryl methyl sites for hydroxylation is 1. The van der Waals surface area contributed by atoms with Crippen LogP contribution in [0.5, 0.6) is 5.75 Å². The fourth-order valence-corrected chi connectivity index (χ4v) is 7.94. The third kappa shape index (κ3) is 3.11. The molecule has 4 fully saturated rings. The highest BCUT2D eigenvalue weighted by Gasteiger charge is 2.61. The third-order valence-corrected chi connectivity index (χ3v) is 9.52. The minimum atomic E-state index is 0.270. The van der Waals surface area contributed by atoms with Gasteiger partial charge in [-0.15, -0.1) is 0 Å². The van der Waals surface area contributed by atoms with Gasteiger partial charge in [-0.1, -0.05) is 38.5 Å². The van der Waals surface area contributed by atoms with E-state index in [2.05, 4.69) is 57.3 Å². The van der Waals surface area contributed by atoms with Crippen LogP contribution in [-0.4, -0.2) is 18.1 Å². The van der Waals surface area contributed by atoms with Crippen LogP contribution >= 0.6 is 0 Å². The lowest BCUT2D eigenvalue weighted by Crippen LogP contribution is -2.62. The van der Waals surface area contributed by atoms with Gasteiger partial charge in [0.2, 0.25) is 5.91 Å². The number of hydrogen-bond acceptors (Lipinski definition) is 2. The molecular formula is C26H37NO2. The predicted octanol–water partition coefficient (Wildman–Crippen LogP) is 5.51. The molecule has 1 heterocycles. The Kier molecular flexibility index (Phi) is 4.53. The maximum Gasteiger partial charge on any atom is 0.220 e. The fourth-order valence-electron chi connectivity index (χ4n) is 7.94. The van der Waals surface area contributed by atoms with Crippen molar-refractivity contribution in [3.8, 4) is 5.75 Å². The molecule has 1 aromatic rings. The zero-order valence-electron chi connectivity index (χ0n) is 18.5. The summed E-state index contributed by atoms with van der Waals surface area (Å²) < 4.78 is 6.49. The molecule has 5 rings (SSSR count). The van der Waals surface area contributed by atoms with E-state index < -0.39 is 0 Å². The molecule has 1 aliphatic heterocycles. The molecule has 4 aliphatic rings. The number of carbonyl (C=O) groups is 1. The molecule has 158 valence electrons. The first-order valence-corrected chi connectivity index (χ1v) is 11.8. The molecule has 0 bridgehead atoms. The Labute approximate surface area is 176 Å². The van der Waals surface area contributed by atoms with Crippen molar-refractivity contribution >= 4 is 5.91 Å².